The molecule has 2 rings (SSSR count). The van der Waals surface area contributed by atoms with Gasteiger partial charge in [0.15, 0.2) is 0 Å². The fourth-order valence-corrected chi connectivity index (χ4v) is 2.46. The van der Waals surface area contributed by atoms with Crippen molar-refractivity contribution >= 4 is 27.3 Å². The maximum atomic E-state index is 13.3. The van der Waals surface area contributed by atoms with Crippen LogP contribution in [0.1, 0.15) is 26.2 Å². The van der Waals surface area contributed by atoms with Gasteiger partial charge in [0.25, 0.3) is 5.69 Å². The Bertz CT molecular complexity index is 481. The highest BCUT2D eigenvalue weighted by atomic mass is 79.9. The van der Waals surface area contributed by atoms with Crippen LogP contribution in [0.3, 0.4) is 0 Å². The molecule has 1 aliphatic rings. The van der Waals surface area contributed by atoms with Crippen LogP contribution in [-0.4, -0.2) is 11.0 Å². The summed E-state index contributed by atoms with van der Waals surface area (Å²) < 4.78 is 13.5. The normalized spacial score (nSPS) is 21.7. The van der Waals surface area contributed by atoms with E-state index in [1.54, 1.807) is 0 Å². The van der Waals surface area contributed by atoms with Crippen LogP contribution in [0.15, 0.2) is 16.6 Å². The largest absolute Gasteiger partial charge is 0.376 e. The van der Waals surface area contributed by atoms with Gasteiger partial charge >= 0.3 is 0 Å². The van der Waals surface area contributed by atoms with Crippen molar-refractivity contribution in [1.82, 2.24) is 0 Å². The summed E-state index contributed by atoms with van der Waals surface area (Å²) in [4.78, 5) is 10.3. The fourth-order valence-electron chi connectivity index (χ4n) is 2.12. The van der Waals surface area contributed by atoms with Gasteiger partial charge in [-0.25, -0.2) is 4.39 Å². The standard InChI is InChI=1S/C12H14BrFN2O2/c1-2-3-7-4-10(7)15-11-5-8(13)9(14)6-12(11)16(17)18/h5-7,10,15H,2-4H2,1H3. The molecule has 98 valence electrons. The molecule has 2 atom stereocenters. The van der Waals surface area contributed by atoms with Crippen LogP contribution in [0, 0.1) is 21.8 Å². The summed E-state index contributed by atoms with van der Waals surface area (Å²) in [6.07, 6.45) is 3.26. The average molecular weight is 317 g/mol. The van der Waals surface area contributed by atoms with Gasteiger partial charge in [-0.05, 0) is 40.8 Å². The van der Waals surface area contributed by atoms with Gasteiger partial charge in [-0.15, -0.1) is 0 Å². The first kappa shape index (κ1) is 13.3. The predicted molar refractivity (Wildman–Crippen MR) is 71.2 cm³/mol. The fraction of sp³-hybridized carbons (Fsp3) is 0.500. The first-order valence-electron chi connectivity index (χ1n) is 5.93. The maximum Gasteiger partial charge on any atom is 0.295 e. The molecule has 0 saturated heterocycles. The Morgan fingerprint density at radius 1 is 1.61 bits per heavy atom. The number of hydrogen-bond acceptors (Lipinski definition) is 3. The molecule has 1 saturated carbocycles. The van der Waals surface area contributed by atoms with Crippen molar-refractivity contribution in [2.75, 3.05) is 5.32 Å². The molecule has 1 aromatic carbocycles. The molecule has 4 nitrogen and oxygen atoms in total. The summed E-state index contributed by atoms with van der Waals surface area (Å²) >= 11 is 3.05. The Balaban J connectivity index is 2.17. The average Bonchev–Trinajstić information content (AvgIpc) is 3.01. The predicted octanol–water partition coefficient (Wildman–Crippen LogP) is 4.10. The molecule has 1 N–H and O–H groups in total. The van der Waals surface area contributed by atoms with Gasteiger partial charge in [0.2, 0.25) is 0 Å². The Morgan fingerprint density at radius 2 is 2.33 bits per heavy atom. The number of nitrogens with one attached hydrogen (secondary N) is 1. The topological polar surface area (TPSA) is 55.2 Å². The van der Waals surface area contributed by atoms with E-state index in [1.807, 2.05) is 0 Å². The van der Waals surface area contributed by atoms with E-state index < -0.39 is 10.7 Å². The Morgan fingerprint density at radius 3 is 2.94 bits per heavy atom. The van der Waals surface area contributed by atoms with E-state index in [1.165, 1.54) is 6.07 Å². The molecule has 1 aromatic rings. The highest BCUT2D eigenvalue weighted by Gasteiger charge is 2.37. The molecule has 0 radical (unpaired) electrons. The van der Waals surface area contributed by atoms with E-state index in [0.717, 1.165) is 25.3 Å². The minimum atomic E-state index is -0.617. The van der Waals surface area contributed by atoms with Gasteiger partial charge in [0, 0.05) is 6.04 Å². The summed E-state index contributed by atoms with van der Waals surface area (Å²) in [5.74, 6) is -0.0356. The van der Waals surface area contributed by atoms with E-state index >= 15 is 0 Å². The molecule has 0 heterocycles. The lowest BCUT2D eigenvalue weighted by Gasteiger charge is -2.07. The minimum Gasteiger partial charge on any atom is -0.376 e. The molecule has 1 aliphatic carbocycles. The van der Waals surface area contributed by atoms with Crippen molar-refractivity contribution < 1.29 is 9.31 Å². The molecule has 6 heteroatoms. The summed E-state index contributed by atoms with van der Waals surface area (Å²) in [7, 11) is 0. The van der Waals surface area contributed by atoms with E-state index in [4.69, 9.17) is 0 Å². The van der Waals surface area contributed by atoms with Crippen molar-refractivity contribution in [1.29, 1.82) is 0 Å². The number of nitrogens with zero attached hydrogens (tertiary/aromatic N) is 1. The summed E-state index contributed by atoms with van der Waals surface area (Å²) in [5, 5.41) is 14.0. The molecule has 1 fully saturated rings. The number of nitro groups is 1. The molecule has 0 bridgehead atoms. The van der Waals surface area contributed by atoms with Crippen LogP contribution in [0.5, 0.6) is 0 Å². The van der Waals surface area contributed by atoms with Gasteiger partial charge in [0.1, 0.15) is 11.5 Å². The summed E-state index contributed by atoms with van der Waals surface area (Å²) in [6.45, 7) is 2.12. The van der Waals surface area contributed by atoms with Crippen molar-refractivity contribution in [3.8, 4) is 0 Å². The molecule has 0 amide bonds. The molecular formula is C12H14BrFN2O2. The molecule has 0 spiro atoms. The van der Waals surface area contributed by atoms with Crippen LogP contribution < -0.4 is 5.32 Å². The van der Waals surface area contributed by atoms with Crippen molar-refractivity contribution in [3.63, 3.8) is 0 Å². The van der Waals surface area contributed by atoms with E-state index in [-0.39, 0.29) is 16.2 Å². The zero-order valence-corrected chi connectivity index (χ0v) is 11.5. The minimum absolute atomic E-state index is 0.210. The lowest BCUT2D eigenvalue weighted by Crippen LogP contribution is -2.07. The van der Waals surface area contributed by atoms with Gasteiger partial charge in [0.05, 0.1) is 15.5 Å². The third-order valence-electron chi connectivity index (χ3n) is 3.16. The second-order valence-corrected chi connectivity index (χ2v) is 5.43. The van der Waals surface area contributed by atoms with E-state index in [0.29, 0.717) is 11.6 Å². The lowest BCUT2D eigenvalue weighted by molar-refractivity contribution is -0.384. The quantitative estimate of drug-likeness (QED) is 0.657. The van der Waals surface area contributed by atoms with Crippen molar-refractivity contribution in [2.45, 2.75) is 32.2 Å². The highest BCUT2D eigenvalue weighted by molar-refractivity contribution is 9.10. The molecule has 0 aliphatic heterocycles. The highest BCUT2D eigenvalue weighted by Crippen LogP contribution is 2.40. The van der Waals surface area contributed by atoms with Gasteiger partial charge in [-0.1, -0.05) is 13.3 Å². The van der Waals surface area contributed by atoms with Crippen molar-refractivity contribution in [2.24, 2.45) is 5.92 Å². The Hall–Kier alpha value is -1.17. The second-order valence-electron chi connectivity index (χ2n) is 4.58. The Kier molecular flexibility index (Phi) is 3.85. The molecule has 2 unspecified atom stereocenters. The number of halogens is 2. The van der Waals surface area contributed by atoms with Crippen molar-refractivity contribution in [3.05, 3.63) is 32.5 Å². The first-order chi connectivity index (χ1) is 8.52. The first-order valence-corrected chi connectivity index (χ1v) is 6.72. The maximum absolute atomic E-state index is 13.3. The summed E-state index contributed by atoms with van der Waals surface area (Å²) in [5.41, 5.74) is 0.176. The van der Waals surface area contributed by atoms with Gasteiger partial charge in [-0.3, -0.25) is 10.1 Å². The van der Waals surface area contributed by atoms with E-state index in [9.17, 15) is 14.5 Å². The van der Waals surface area contributed by atoms with Crippen LogP contribution in [-0.2, 0) is 0 Å². The van der Waals surface area contributed by atoms with Crippen LogP contribution in [0.25, 0.3) is 0 Å². The van der Waals surface area contributed by atoms with E-state index in [2.05, 4.69) is 28.2 Å². The molecular weight excluding hydrogens is 303 g/mol. The second kappa shape index (κ2) is 5.22. The van der Waals surface area contributed by atoms with Gasteiger partial charge in [-0.2, -0.15) is 0 Å². The third-order valence-corrected chi connectivity index (χ3v) is 3.77. The molecule has 0 aromatic heterocycles. The number of rotatable bonds is 5. The number of hydrogen-bond donors (Lipinski definition) is 1. The smallest absolute Gasteiger partial charge is 0.295 e. The zero-order valence-electron chi connectivity index (χ0n) is 9.95. The number of benzene rings is 1. The third kappa shape index (κ3) is 2.80. The Labute approximate surface area is 113 Å². The molecule has 18 heavy (non-hydrogen) atoms. The van der Waals surface area contributed by atoms with Crippen LogP contribution >= 0.6 is 15.9 Å². The zero-order chi connectivity index (χ0) is 13.3. The monoisotopic (exact) mass is 316 g/mol. The number of anilines is 1. The number of nitro benzene ring substituents is 1. The SMILES string of the molecule is CCCC1CC1Nc1cc(Br)c(F)cc1[N+](=O)[O-]. The van der Waals surface area contributed by atoms with Gasteiger partial charge < -0.3 is 5.32 Å². The van der Waals surface area contributed by atoms with Crippen LogP contribution in [0.2, 0.25) is 0 Å². The summed E-state index contributed by atoms with van der Waals surface area (Å²) in [6, 6.07) is 2.67. The van der Waals surface area contributed by atoms with Crippen LogP contribution in [0.4, 0.5) is 15.8 Å². The lowest BCUT2D eigenvalue weighted by atomic mass is 10.2.